The summed E-state index contributed by atoms with van der Waals surface area (Å²) in [6.07, 6.45) is 8.13. The van der Waals surface area contributed by atoms with Gasteiger partial charge in [-0.25, -0.2) is 0 Å². The lowest BCUT2D eigenvalue weighted by Crippen LogP contribution is -2.34. The van der Waals surface area contributed by atoms with Crippen LogP contribution in [-0.4, -0.2) is 61.9 Å². The molecular weight excluding hydrogens is 430 g/mol. The van der Waals surface area contributed by atoms with Gasteiger partial charge in [-0.05, 0) is 67.7 Å². The van der Waals surface area contributed by atoms with Gasteiger partial charge in [-0.3, -0.25) is 4.90 Å². The number of hydrogen-bond acceptors (Lipinski definition) is 6. The monoisotopic (exact) mass is 483 g/mol. The van der Waals surface area contributed by atoms with Gasteiger partial charge in [0.15, 0.2) is 17.8 Å². The minimum atomic E-state index is -0.464. The first-order valence-corrected chi connectivity index (χ1v) is 13.5. The number of aliphatic hydroxyl groups is 2. The highest BCUT2D eigenvalue weighted by molar-refractivity contribution is 5.48. The van der Waals surface area contributed by atoms with Gasteiger partial charge in [0, 0.05) is 32.8 Å². The third kappa shape index (κ3) is 12.4. The number of hydrogen-bond donors (Lipinski definition) is 2. The van der Waals surface area contributed by atoms with E-state index in [0.29, 0.717) is 6.61 Å². The van der Waals surface area contributed by atoms with Gasteiger partial charge in [-0.15, -0.1) is 0 Å². The Hall–Kier alpha value is -1.34. The van der Waals surface area contributed by atoms with Gasteiger partial charge in [-0.2, -0.15) is 0 Å². The Kier molecular flexibility index (Phi) is 20.2. The predicted octanol–water partition coefficient (Wildman–Crippen LogP) is 5.81. The van der Waals surface area contributed by atoms with Crippen LogP contribution in [0.3, 0.4) is 0 Å². The molecule has 6 heteroatoms. The van der Waals surface area contributed by atoms with Crippen LogP contribution < -0.4 is 9.47 Å². The summed E-state index contributed by atoms with van der Waals surface area (Å²) in [6, 6.07) is 4.26. The number of fused-ring (bicyclic) bond motifs is 1. The van der Waals surface area contributed by atoms with E-state index < -0.39 is 6.29 Å². The molecule has 2 aliphatic heterocycles. The van der Waals surface area contributed by atoms with Gasteiger partial charge in [0.05, 0.1) is 14.2 Å². The van der Waals surface area contributed by atoms with Gasteiger partial charge < -0.3 is 24.4 Å². The third-order valence-corrected chi connectivity index (χ3v) is 6.07. The van der Waals surface area contributed by atoms with Crippen LogP contribution in [0.1, 0.15) is 90.7 Å². The van der Waals surface area contributed by atoms with Gasteiger partial charge in [0.1, 0.15) is 0 Å². The second kappa shape index (κ2) is 21.0. The van der Waals surface area contributed by atoms with E-state index >= 15 is 0 Å². The zero-order valence-corrected chi connectivity index (χ0v) is 23.1. The smallest absolute Gasteiger partial charge is 0.161 e. The first kappa shape index (κ1) is 32.7. The summed E-state index contributed by atoms with van der Waals surface area (Å²) >= 11 is 0. The number of ether oxygens (including phenoxy) is 3. The van der Waals surface area contributed by atoms with Gasteiger partial charge >= 0.3 is 0 Å². The van der Waals surface area contributed by atoms with Crippen LogP contribution in [0.15, 0.2) is 12.1 Å². The average molecular weight is 484 g/mol. The van der Waals surface area contributed by atoms with E-state index in [1.54, 1.807) is 14.2 Å². The molecular formula is C28H53NO5. The fraction of sp³-hybridized carbons (Fsp3) is 0.786. The van der Waals surface area contributed by atoms with Crippen LogP contribution >= 0.6 is 0 Å². The lowest BCUT2D eigenvalue weighted by atomic mass is 9.95. The molecule has 0 spiro atoms. The zero-order valence-electron chi connectivity index (χ0n) is 23.1. The van der Waals surface area contributed by atoms with E-state index in [-0.39, 0.29) is 0 Å². The Morgan fingerprint density at radius 1 is 1.03 bits per heavy atom. The maximum atomic E-state index is 8.94. The minimum Gasteiger partial charge on any atom is -0.493 e. The van der Waals surface area contributed by atoms with Crippen LogP contribution in [0.25, 0.3) is 0 Å². The van der Waals surface area contributed by atoms with Crippen LogP contribution in [0.5, 0.6) is 11.5 Å². The SMILES string of the molecule is CC.CC.CCC(CCCCO)CN1CCc2cc(OC)c(OC)cc2C1.OC1CCCCO1. The second-order valence-electron chi connectivity index (χ2n) is 8.28. The minimum absolute atomic E-state index is 0.315. The highest BCUT2D eigenvalue weighted by Gasteiger charge is 2.21. The Morgan fingerprint density at radius 3 is 2.15 bits per heavy atom. The summed E-state index contributed by atoms with van der Waals surface area (Å²) in [5.74, 6) is 2.38. The van der Waals surface area contributed by atoms with E-state index in [0.717, 1.165) is 82.2 Å². The van der Waals surface area contributed by atoms with E-state index in [9.17, 15) is 0 Å². The largest absolute Gasteiger partial charge is 0.493 e. The first-order chi connectivity index (χ1) is 16.6. The third-order valence-electron chi connectivity index (χ3n) is 6.07. The molecule has 6 nitrogen and oxygen atoms in total. The maximum absolute atomic E-state index is 8.94. The number of rotatable bonds is 9. The van der Waals surface area contributed by atoms with E-state index in [1.807, 2.05) is 27.7 Å². The topological polar surface area (TPSA) is 71.4 Å². The standard InChI is InChI=1S/C19H31NO3.C5H10O2.2C2H6/c1-4-15(7-5-6-10-21)13-20-9-8-16-11-18(22-2)19(23-3)12-17(16)14-20;6-5-3-1-2-4-7-5;2*1-2/h11-12,15,21H,4-10,13-14H2,1-3H3;5-6H,1-4H2;2*1-2H3. The normalized spacial score (nSPS) is 18.0. The summed E-state index contributed by atoms with van der Waals surface area (Å²) in [4.78, 5) is 2.56. The van der Waals surface area contributed by atoms with Crippen molar-refractivity contribution in [3.05, 3.63) is 23.3 Å². The lowest BCUT2D eigenvalue weighted by Gasteiger charge is -2.32. The molecule has 1 saturated heterocycles. The molecule has 2 unspecified atom stereocenters. The molecule has 200 valence electrons. The predicted molar refractivity (Wildman–Crippen MR) is 142 cm³/mol. The van der Waals surface area contributed by atoms with Crippen molar-refractivity contribution in [1.29, 1.82) is 0 Å². The Morgan fingerprint density at radius 2 is 1.68 bits per heavy atom. The van der Waals surface area contributed by atoms with Crippen LogP contribution in [-0.2, 0) is 17.7 Å². The van der Waals surface area contributed by atoms with Crippen molar-refractivity contribution in [2.45, 2.75) is 98.8 Å². The zero-order chi connectivity index (χ0) is 25.8. The lowest BCUT2D eigenvalue weighted by molar-refractivity contribution is -0.123. The summed E-state index contributed by atoms with van der Waals surface area (Å²) in [5, 5.41) is 17.6. The molecule has 1 fully saturated rings. The molecule has 0 saturated carbocycles. The fourth-order valence-electron chi connectivity index (χ4n) is 4.16. The molecule has 0 bridgehead atoms. The molecule has 0 radical (unpaired) electrons. The summed E-state index contributed by atoms with van der Waals surface area (Å²) in [5.41, 5.74) is 2.74. The maximum Gasteiger partial charge on any atom is 0.161 e. The van der Waals surface area contributed by atoms with E-state index in [2.05, 4.69) is 24.0 Å². The summed E-state index contributed by atoms with van der Waals surface area (Å²) in [6.45, 7) is 14.6. The van der Waals surface area contributed by atoms with Crippen molar-refractivity contribution >= 4 is 0 Å². The molecule has 2 heterocycles. The van der Waals surface area contributed by atoms with Crippen LogP contribution in [0.4, 0.5) is 0 Å². The fourth-order valence-corrected chi connectivity index (χ4v) is 4.16. The van der Waals surface area contributed by atoms with Crippen molar-refractivity contribution < 1.29 is 24.4 Å². The quantitative estimate of drug-likeness (QED) is 0.432. The van der Waals surface area contributed by atoms with E-state index in [4.69, 9.17) is 24.4 Å². The van der Waals surface area contributed by atoms with Gasteiger partial charge in [0.25, 0.3) is 0 Å². The molecule has 1 aromatic carbocycles. The van der Waals surface area contributed by atoms with E-state index in [1.165, 1.54) is 24.0 Å². The highest BCUT2D eigenvalue weighted by atomic mass is 16.6. The van der Waals surface area contributed by atoms with Crippen molar-refractivity contribution in [1.82, 2.24) is 4.90 Å². The van der Waals surface area contributed by atoms with Crippen molar-refractivity contribution in [3.63, 3.8) is 0 Å². The molecule has 1 aromatic rings. The Bertz CT molecular complexity index is 605. The van der Waals surface area contributed by atoms with Crippen molar-refractivity contribution in [3.8, 4) is 11.5 Å². The second-order valence-corrected chi connectivity index (χ2v) is 8.28. The number of unbranched alkanes of at least 4 members (excludes halogenated alkanes) is 1. The molecule has 0 amide bonds. The number of aliphatic hydroxyl groups excluding tert-OH is 2. The molecule has 0 aromatic heterocycles. The number of benzene rings is 1. The van der Waals surface area contributed by atoms with Crippen LogP contribution in [0.2, 0.25) is 0 Å². The average Bonchev–Trinajstić information content (AvgIpc) is 2.90. The molecule has 2 atom stereocenters. The first-order valence-electron chi connectivity index (χ1n) is 13.5. The molecule has 2 N–H and O–H groups in total. The number of nitrogens with zero attached hydrogens (tertiary/aromatic N) is 1. The van der Waals surface area contributed by atoms with Crippen LogP contribution in [0, 0.1) is 5.92 Å². The summed E-state index contributed by atoms with van der Waals surface area (Å²) in [7, 11) is 3.39. The molecule has 2 aliphatic rings. The highest BCUT2D eigenvalue weighted by Crippen LogP contribution is 2.33. The Balaban J connectivity index is 0.000000826. The molecule has 0 aliphatic carbocycles. The van der Waals surface area contributed by atoms with Gasteiger partial charge in [-0.1, -0.05) is 47.5 Å². The Labute approximate surface area is 209 Å². The van der Waals surface area contributed by atoms with Crippen molar-refractivity contribution in [2.75, 3.05) is 40.5 Å². The molecule has 34 heavy (non-hydrogen) atoms. The number of methoxy groups -OCH3 is 2. The molecule has 3 rings (SSSR count). The van der Waals surface area contributed by atoms with Crippen molar-refractivity contribution in [2.24, 2.45) is 5.92 Å². The van der Waals surface area contributed by atoms with Gasteiger partial charge in [0.2, 0.25) is 0 Å². The summed E-state index contributed by atoms with van der Waals surface area (Å²) < 4.78 is 15.7.